The zero-order valence-electron chi connectivity index (χ0n) is 15.3. The number of methoxy groups -OCH3 is 2. The summed E-state index contributed by atoms with van der Waals surface area (Å²) in [6.45, 7) is 4.64. The van der Waals surface area contributed by atoms with Gasteiger partial charge in [-0.05, 0) is 11.6 Å². The number of nitrogens with zero attached hydrogens (tertiary/aromatic N) is 4. The monoisotopic (exact) mass is 395 g/mol. The predicted octanol–water partition coefficient (Wildman–Crippen LogP) is 2.00. The molecule has 0 spiro atoms. The molecule has 1 aliphatic rings. The van der Waals surface area contributed by atoms with E-state index in [4.69, 9.17) is 30.5 Å². The van der Waals surface area contributed by atoms with E-state index in [1.165, 1.54) is 6.33 Å². The average molecular weight is 396 g/mol. The summed E-state index contributed by atoms with van der Waals surface area (Å²) in [5, 5.41) is 3.17. The maximum atomic E-state index is 5.97. The van der Waals surface area contributed by atoms with Gasteiger partial charge in [-0.1, -0.05) is 0 Å². The highest BCUT2D eigenvalue weighted by Crippen LogP contribution is 2.40. The van der Waals surface area contributed by atoms with Gasteiger partial charge in [0.1, 0.15) is 12.9 Å². The van der Waals surface area contributed by atoms with Crippen LogP contribution >= 0.6 is 11.6 Å². The number of ether oxygens (including phenoxy) is 4. The summed E-state index contributed by atoms with van der Waals surface area (Å²) in [5.41, 5.74) is 0.677. The predicted molar refractivity (Wildman–Crippen MR) is 100 cm³/mol. The van der Waals surface area contributed by atoms with Crippen molar-refractivity contribution < 1.29 is 18.9 Å². The Hall–Kier alpha value is -2.36. The smallest absolute Gasteiger partial charge is 0.231 e. The number of aromatic nitrogens is 3. The molecule has 1 saturated heterocycles. The molecule has 0 aliphatic carbocycles. The second-order valence-electron chi connectivity index (χ2n) is 5.72. The van der Waals surface area contributed by atoms with Gasteiger partial charge in [-0.3, -0.25) is 4.90 Å². The molecule has 9 nitrogen and oxygen atoms in total. The van der Waals surface area contributed by atoms with E-state index in [9.17, 15) is 0 Å². The minimum atomic E-state index is 0.106. The molecule has 0 atom stereocenters. The number of benzene rings is 1. The van der Waals surface area contributed by atoms with Crippen LogP contribution in [0.2, 0.25) is 5.28 Å². The third-order valence-corrected chi connectivity index (χ3v) is 4.19. The minimum Gasteiger partial charge on any atom is -0.493 e. The van der Waals surface area contributed by atoms with Crippen molar-refractivity contribution in [3.05, 3.63) is 23.7 Å². The maximum Gasteiger partial charge on any atom is 0.231 e. The first-order valence-electron chi connectivity index (χ1n) is 8.50. The number of anilines is 2. The summed E-state index contributed by atoms with van der Waals surface area (Å²) in [6, 6.07) is 3.57. The Morgan fingerprint density at radius 1 is 1.15 bits per heavy atom. The molecule has 0 amide bonds. The number of nitrogens with one attached hydrogen (secondary N) is 1. The van der Waals surface area contributed by atoms with Crippen molar-refractivity contribution in [2.45, 2.75) is 0 Å². The van der Waals surface area contributed by atoms with Crippen molar-refractivity contribution in [3.8, 4) is 17.2 Å². The maximum absolute atomic E-state index is 5.97. The molecule has 0 unspecified atom stereocenters. The van der Waals surface area contributed by atoms with Crippen LogP contribution in [0.4, 0.5) is 11.6 Å². The fourth-order valence-electron chi connectivity index (χ4n) is 2.68. The van der Waals surface area contributed by atoms with Gasteiger partial charge in [-0.25, -0.2) is 9.97 Å². The Labute approximate surface area is 162 Å². The van der Waals surface area contributed by atoms with Crippen LogP contribution in [0, 0.1) is 0 Å². The van der Waals surface area contributed by atoms with Crippen LogP contribution in [0.25, 0.3) is 0 Å². The van der Waals surface area contributed by atoms with Crippen molar-refractivity contribution in [3.63, 3.8) is 0 Å². The first-order valence-corrected chi connectivity index (χ1v) is 8.88. The summed E-state index contributed by atoms with van der Waals surface area (Å²) in [5.74, 6) is 1.94. The van der Waals surface area contributed by atoms with Crippen molar-refractivity contribution >= 4 is 23.2 Å². The van der Waals surface area contributed by atoms with Gasteiger partial charge in [0.2, 0.25) is 17.0 Å². The fourth-order valence-corrected chi connectivity index (χ4v) is 2.81. The van der Waals surface area contributed by atoms with E-state index >= 15 is 0 Å². The Morgan fingerprint density at radius 3 is 2.63 bits per heavy atom. The van der Waals surface area contributed by atoms with Crippen LogP contribution in [0.3, 0.4) is 0 Å². The van der Waals surface area contributed by atoms with Gasteiger partial charge >= 0.3 is 0 Å². The lowest BCUT2D eigenvalue weighted by molar-refractivity contribution is 0.0321. The second kappa shape index (κ2) is 9.54. The Kier molecular flexibility index (Phi) is 6.86. The Bertz CT molecular complexity index is 758. The zero-order chi connectivity index (χ0) is 19.1. The molecule has 10 heteroatoms. The minimum absolute atomic E-state index is 0.106. The first-order chi connectivity index (χ1) is 13.2. The topological polar surface area (TPSA) is 90.9 Å². The molecule has 1 aromatic carbocycles. The quantitative estimate of drug-likeness (QED) is 0.720. The largest absolute Gasteiger partial charge is 0.493 e. The molecule has 2 heterocycles. The normalized spacial score (nSPS) is 14.6. The van der Waals surface area contributed by atoms with E-state index in [0.717, 1.165) is 32.8 Å². The number of halogens is 1. The van der Waals surface area contributed by atoms with E-state index in [-0.39, 0.29) is 5.28 Å². The van der Waals surface area contributed by atoms with Crippen molar-refractivity contribution in [1.29, 1.82) is 0 Å². The molecule has 2 aromatic rings. The molecule has 0 saturated carbocycles. The molecular weight excluding hydrogens is 374 g/mol. The summed E-state index contributed by atoms with van der Waals surface area (Å²) in [4.78, 5) is 14.1. The van der Waals surface area contributed by atoms with E-state index in [1.54, 1.807) is 26.4 Å². The second-order valence-corrected chi connectivity index (χ2v) is 6.05. The van der Waals surface area contributed by atoms with Gasteiger partial charge in [-0.2, -0.15) is 4.98 Å². The summed E-state index contributed by atoms with van der Waals surface area (Å²) < 4.78 is 22.2. The lowest BCUT2D eigenvalue weighted by atomic mass is 10.2. The van der Waals surface area contributed by atoms with Crippen molar-refractivity contribution in [1.82, 2.24) is 19.9 Å². The highest BCUT2D eigenvalue weighted by atomic mass is 35.5. The fraction of sp³-hybridized carbons (Fsp3) is 0.471. The van der Waals surface area contributed by atoms with Gasteiger partial charge < -0.3 is 24.3 Å². The summed E-state index contributed by atoms with van der Waals surface area (Å²) in [7, 11) is 3.14. The Morgan fingerprint density at radius 2 is 1.93 bits per heavy atom. The van der Waals surface area contributed by atoms with E-state index in [1.807, 2.05) is 0 Å². The van der Waals surface area contributed by atoms with Gasteiger partial charge in [-0.15, -0.1) is 0 Å². The third kappa shape index (κ3) is 5.31. The Balaban J connectivity index is 1.73. The number of rotatable bonds is 8. The van der Waals surface area contributed by atoms with E-state index in [0.29, 0.717) is 35.5 Å². The van der Waals surface area contributed by atoms with E-state index < -0.39 is 0 Å². The SMILES string of the molecule is COc1cc(Nc2ncnc(Cl)n2)cc(OCCN2CCOCC2)c1OC. The van der Waals surface area contributed by atoms with Crippen LogP contribution in [0.15, 0.2) is 18.5 Å². The lowest BCUT2D eigenvalue weighted by Crippen LogP contribution is -2.38. The number of hydrogen-bond acceptors (Lipinski definition) is 9. The highest BCUT2D eigenvalue weighted by molar-refractivity contribution is 6.28. The van der Waals surface area contributed by atoms with Crippen LogP contribution < -0.4 is 19.5 Å². The van der Waals surface area contributed by atoms with Crippen LogP contribution in [-0.4, -0.2) is 73.5 Å². The molecule has 1 fully saturated rings. The zero-order valence-corrected chi connectivity index (χ0v) is 16.0. The van der Waals surface area contributed by atoms with Crippen LogP contribution in [0.5, 0.6) is 17.2 Å². The molecule has 146 valence electrons. The van der Waals surface area contributed by atoms with Crippen LogP contribution in [-0.2, 0) is 4.74 Å². The molecule has 27 heavy (non-hydrogen) atoms. The lowest BCUT2D eigenvalue weighted by Gasteiger charge is -2.26. The number of hydrogen-bond donors (Lipinski definition) is 1. The number of morpholine rings is 1. The van der Waals surface area contributed by atoms with E-state index in [2.05, 4.69) is 25.2 Å². The molecule has 3 rings (SSSR count). The van der Waals surface area contributed by atoms with Crippen molar-refractivity contribution in [2.24, 2.45) is 0 Å². The summed E-state index contributed by atoms with van der Waals surface area (Å²) >= 11 is 5.81. The van der Waals surface area contributed by atoms with Gasteiger partial charge in [0.15, 0.2) is 11.5 Å². The molecule has 1 aromatic heterocycles. The molecule has 0 radical (unpaired) electrons. The van der Waals surface area contributed by atoms with Gasteiger partial charge in [0, 0.05) is 37.5 Å². The standard InChI is InChI=1S/C17H22ClN5O4/c1-24-13-9-12(21-17-20-11-19-16(18)22-17)10-14(15(13)25-2)27-8-5-23-3-6-26-7-4-23/h9-11H,3-8H2,1-2H3,(H,19,20,21,22). The third-order valence-electron chi connectivity index (χ3n) is 4.01. The van der Waals surface area contributed by atoms with Crippen molar-refractivity contribution in [2.75, 3.05) is 59.0 Å². The van der Waals surface area contributed by atoms with Gasteiger partial charge in [0.05, 0.1) is 27.4 Å². The first kappa shape index (κ1) is 19.4. The van der Waals surface area contributed by atoms with Gasteiger partial charge in [0.25, 0.3) is 0 Å². The summed E-state index contributed by atoms with van der Waals surface area (Å²) in [6.07, 6.45) is 1.33. The molecule has 1 N–H and O–H groups in total. The molecular formula is C17H22ClN5O4. The molecule has 0 bridgehead atoms. The average Bonchev–Trinajstić information content (AvgIpc) is 2.68. The van der Waals surface area contributed by atoms with Crippen LogP contribution in [0.1, 0.15) is 0 Å². The highest BCUT2D eigenvalue weighted by Gasteiger charge is 2.16. The molecule has 1 aliphatic heterocycles.